The SMILES string of the molecule is CC[C@H](C)[C@@H]([C@@H](CC(=O)N1CCC[C@H]1[C@H](OC)[C@@H](C)C(=O)C[C@@H](Cc1ccccc1)C(=O)O)OC)N(C)C(=O)[C@@H](NC(=O)[C@@H]1[C@H]2CC[C@@H](C2)N1C(=O)OCc1ccc(NC(=O)[C@@H](CCCNC(N)=O)CC(=O)[C@H](NC(=O)CCCCCNC(=O)CC(C)C(=O)O)C(C)C)cc1)C(C)C. The van der Waals surface area contributed by atoms with Gasteiger partial charge in [-0.15, -0.1) is 0 Å². The number of hydrogen-bond donors (Lipinski definition) is 8. The number of piperidine rings is 1. The van der Waals surface area contributed by atoms with Crippen LogP contribution in [0.3, 0.4) is 0 Å². The van der Waals surface area contributed by atoms with Gasteiger partial charge in [0.1, 0.15) is 24.5 Å². The molecule has 14 atom stereocenters. The number of ether oxygens (including phenoxy) is 3. The number of nitrogens with one attached hydrogen (secondary N) is 5. The van der Waals surface area contributed by atoms with Gasteiger partial charge in [-0.05, 0) is 111 Å². The average Bonchev–Trinajstić information content (AvgIpc) is 1.60. The number of likely N-dealkylation sites (N-methyl/N-ethyl adjacent to an activating group) is 1. The molecule has 2 saturated heterocycles. The molecule has 1 saturated carbocycles. The van der Waals surface area contributed by atoms with Crippen LogP contribution in [0.25, 0.3) is 0 Å². The number of unbranched alkanes of at least 4 members (excludes halogenated alkanes) is 2. The fourth-order valence-corrected chi connectivity index (χ4v) is 14.0. The normalized spacial score (nSPS) is 19.6. The van der Waals surface area contributed by atoms with Crippen LogP contribution in [0.15, 0.2) is 54.6 Å². The highest BCUT2D eigenvalue weighted by Gasteiger charge is 2.53. The first-order chi connectivity index (χ1) is 46.5. The first kappa shape index (κ1) is 80.7. The largest absolute Gasteiger partial charge is 0.481 e. The van der Waals surface area contributed by atoms with Crippen LogP contribution in [0.5, 0.6) is 0 Å². The summed E-state index contributed by atoms with van der Waals surface area (Å²) in [7, 11) is 4.63. The molecule has 0 spiro atoms. The Bertz CT molecular complexity index is 3020. The third-order valence-corrected chi connectivity index (χ3v) is 19.8. The van der Waals surface area contributed by atoms with E-state index in [1.54, 1.807) is 61.9 Å². The van der Waals surface area contributed by atoms with Crippen LogP contribution in [-0.2, 0) is 75.2 Å². The Labute approximate surface area is 577 Å². The summed E-state index contributed by atoms with van der Waals surface area (Å²) in [6.07, 6.45) is 3.36. The highest BCUT2D eigenvalue weighted by Crippen LogP contribution is 2.43. The fraction of sp³-hybridized carbons (Fsp3) is 0.667. The van der Waals surface area contributed by atoms with Crippen LogP contribution >= 0.6 is 0 Å². The predicted molar refractivity (Wildman–Crippen MR) is 365 cm³/mol. The van der Waals surface area contributed by atoms with Crippen LogP contribution in [-0.4, -0.2) is 185 Å². The summed E-state index contributed by atoms with van der Waals surface area (Å²) in [6.45, 7) is 15.0. The zero-order valence-corrected chi connectivity index (χ0v) is 59.2. The van der Waals surface area contributed by atoms with E-state index in [2.05, 4.69) is 26.6 Å². The number of hydrogen-bond acceptors (Lipinski definition) is 15. The smallest absolute Gasteiger partial charge is 0.411 e. The molecular formula is C72H109N9O17. The Kier molecular flexibility index (Phi) is 32.6. The number of aliphatic carboxylic acids is 2. The van der Waals surface area contributed by atoms with E-state index in [9.17, 15) is 62.6 Å². The Morgan fingerprint density at radius 2 is 1.36 bits per heavy atom. The van der Waals surface area contributed by atoms with Gasteiger partial charge in [0.2, 0.25) is 35.4 Å². The molecular weight excluding hydrogens is 1260 g/mol. The lowest BCUT2D eigenvalue weighted by molar-refractivity contribution is -0.148. The van der Waals surface area contributed by atoms with Crippen molar-refractivity contribution in [2.45, 2.75) is 220 Å². The molecule has 3 fully saturated rings. The zero-order valence-electron chi connectivity index (χ0n) is 59.2. The molecule has 2 aromatic carbocycles. The predicted octanol–water partition coefficient (Wildman–Crippen LogP) is 7.03. The summed E-state index contributed by atoms with van der Waals surface area (Å²) in [5.41, 5.74) is 7.03. The lowest BCUT2D eigenvalue weighted by atomic mass is 9.85. The van der Waals surface area contributed by atoms with E-state index in [-0.39, 0.29) is 111 Å². The molecule has 26 nitrogen and oxygen atoms in total. The van der Waals surface area contributed by atoms with Crippen LogP contribution in [0.1, 0.15) is 169 Å². The maximum atomic E-state index is 14.9. The van der Waals surface area contributed by atoms with Gasteiger partial charge in [-0.1, -0.05) is 111 Å². The minimum absolute atomic E-state index is 0.107. The van der Waals surface area contributed by atoms with Gasteiger partial charge in [0.05, 0.1) is 48.6 Å². The van der Waals surface area contributed by atoms with Crippen LogP contribution in [0.2, 0.25) is 0 Å². The van der Waals surface area contributed by atoms with E-state index in [1.165, 1.54) is 26.0 Å². The number of carbonyl (C=O) groups is 12. The number of likely N-dealkylation sites (tertiary alicyclic amines) is 2. The third-order valence-electron chi connectivity index (χ3n) is 19.8. The van der Waals surface area contributed by atoms with Crippen molar-refractivity contribution in [2.24, 2.45) is 53.1 Å². The van der Waals surface area contributed by atoms with Gasteiger partial charge < -0.3 is 66.5 Å². The van der Waals surface area contributed by atoms with Crippen LogP contribution in [0.4, 0.5) is 15.3 Å². The third kappa shape index (κ3) is 23.6. The van der Waals surface area contributed by atoms with Crippen molar-refractivity contribution in [3.05, 3.63) is 65.7 Å². The number of fused-ring (bicyclic) bond motifs is 2. The molecule has 2 aliphatic heterocycles. The summed E-state index contributed by atoms with van der Waals surface area (Å²) in [6, 6.07) is 10.7. The molecule has 26 heteroatoms. The number of amides is 9. The summed E-state index contributed by atoms with van der Waals surface area (Å²) in [5.74, 6) is -9.51. The number of urea groups is 1. The highest BCUT2D eigenvalue weighted by atomic mass is 16.6. The quantitative estimate of drug-likeness (QED) is 0.0309. The number of Topliss-reactive ketones (excluding diaryl/α,β-unsaturated/α-hetero) is 2. The number of carboxylic acids is 2. The van der Waals surface area contributed by atoms with Crippen molar-refractivity contribution >= 4 is 76.8 Å². The molecule has 2 heterocycles. The van der Waals surface area contributed by atoms with Crippen LogP contribution in [0, 0.1) is 47.3 Å². The number of carbonyl (C=O) groups excluding carboxylic acids is 10. The van der Waals surface area contributed by atoms with Crippen molar-refractivity contribution in [1.82, 2.24) is 36.0 Å². The second-order valence-electron chi connectivity index (χ2n) is 27.7. The number of benzene rings is 2. The number of rotatable bonds is 42. The molecule has 0 aromatic heterocycles. The second-order valence-corrected chi connectivity index (χ2v) is 27.7. The van der Waals surface area contributed by atoms with Gasteiger partial charge in [0.15, 0.2) is 5.78 Å². The highest BCUT2D eigenvalue weighted by molar-refractivity contribution is 5.98. The Morgan fingerprint density at radius 3 is 1.97 bits per heavy atom. The Hall–Kier alpha value is -8.00. The fourth-order valence-electron chi connectivity index (χ4n) is 14.0. The van der Waals surface area contributed by atoms with E-state index in [0.717, 1.165) is 5.56 Å². The first-order valence-corrected chi connectivity index (χ1v) is 34.9. The maximum Gasteiger partial charge on any atom is 0.411 e. The summed E-state index contributed by atoms with van der Waals surface area (Å²) >= 11 is 0. The number of nitrogens with two attached hydrogens (primary N) is 1. The van der Waals surface area contributed by atoms with Gasteiger partial charge in [0.25, 0.3) is 0 Å². The zero-order chi connectivity index (χ0) is 72.5. The maximum absolute atomic E-state index is 14.9. The molecule has 544 valence electrons. The molecule has 0 radical (unpaired) electrons. The minimum Gasteiger partial charge on any atom is -0.481 e. The lowest BCUT2D eigenvalue weighted by Gasteiger charge is -2.41. The molecule has 2 aromatic rings. The number of anilines is 1. The number of ketones is 2. The summed E-state index contributed by atoms with van der Waals surface area (Å²) in [5, 5.41) is 33.0. The van der Waals surface area contributed by atoms with Crippen molar-refractivity contribution in [1.29, 1.82) is 0 Å². The molecule has 98 heavy (non-hydrogen) atoms. The molecule has 9 amide bonds. The van der Waals surface area contributed by atoms with Crippen molar-refractivity contribution in [3.63, 3.8) is 0 Å². The van der Waals surface area contributed by atoms with E-state index in [1.807, 2.05) is 58.0 Å². The first-order valence-electron chi connectivity index (χ1n) is 34.9. The monoisotopic (exact) mass is 1370 g/mol. The topological polar surface area (TPSA) is 369 Å². The van der Waals surface area contributed by atoms with Gasteiger partial charge in [-0.2, -0.15) is 0 Å². The van der Waals surface area contributed by atoms with Crippen molar-refractivity contribution in [2.75, 3.05) is 46.2 Å². The summed E-state index contributed by atoms with van der Waals surface area (Å²) < 4.78 is 18.0. The van der Waals surface area contributed by atoms with E-state index in [0.29, 0.717) is 88.5 Å². The molecule has 9 N–H and O–H groups in total. The molecule has 5 rings (SSSR count). The Morgan fingerprint density at radius 1 is 0.694 bits per heavy atom. The van der Waals surface area contributed by atoms with Crippen molar-refractivity contribution < 1.29 is 82.0 Å². The van der Waals surface area contributed by atoms with Gasteiger partial charge in [0, 0.05) is 90.1 Å². The van der Waals surface area contributed by atoms with Gasteiger partial charge in [-0.3, -0.25) is 52.8 Å². The summed E-state index contributed by atoms with van der Waals surface area (Å²) in [4.78, 5) is 165. The minimum atomic E-state index is -1.07. The molecule has 1 aliphatic carbocycles. The van der Waals surface area contributed by atoms with E-state index in [4.69, 9.17) is 25.1 Å². The molecule has 2 bridgehead atoms. The number of methoxy groups -OCH3 is 2. The second kappa shape index (κ2) is 39.6. The molecule has 3 aliphatic rings. The average molecular weight is 1370 g/mol. The number of primary amides is 1. The lowest BCUT2D eigenvalue weighted by Crippen LogP contribution is -2.60. The number of carboxylic acid groups (broad SMARTS) is 2. The van der Waals surface area contributed by atoms with E-state index >= 15 is 0 Å². The standard InChI is InChI=1S/C72H109N9O17/c1-12-44(6)63(57(96-10)40-60(86)80-34-20-24-54(80)65(97-11)46(8)55(82)39-51(70(92)93)36-47-21-15-13-16-22-47)79(9)68(89)62(43(4)5)78-67(88)64-49-28-31-53(37-49)81(64)72(95)98-41-48-26-29-52(30-27-48)76-66(87)50(23-19-33-75-71(73)94)38-56(83)61(42(2)3)77-58(84)25-17-14-18-32-74-59(85)35-45(7)69(90)91/h13,15-16,21-22,26-27,29-30,42-46,49-51,53-54,57,61-65H,12,14,17-20,23-25,28,31-41H2,1-11H3,(H,74,85)(H,76,87)(H,77,84)(H,78,88)(H,90,91)(H,92,93)(H3,73,75,94)/t44-,45?,46-,49-,50-,51+,53-,54-,57+,61+,62-,63-,64-,65+/m0/s1. The van der Waals surface area contributed by atoms with Gasteiger partial charge in [-0.25, -0.2) is 9.59 Å². The van der Waals surface area contributed by atoms with Crippen LogP contribution < -0.4 is 32.3 Å². The molecule has 1 unspecified atom stereocenters. The van der Waals surface area contributed by atoms with Crippen molar-refractivity contribution in [3.8, 4) is 0 Å². The van der Waals surface area contributed by atoms with Gasteiger partial charge >= 0.3 is 24.1 Å². The Balaban J connectivity index is 1.18. The van der Waals surface area contributed by atoms with E-state index < -0.39 is 114 Å². The number of nitrogens with zero attached hydrogens (tertiary/aromatic N) is 3.